The number of pyridine rings is 1. The Morgan fingerprint density at radius 3 is 2.41 bits per heavy atom. The maximum Gasteiger partial charge on any atom is 0.130 e. The molecule has 0 aliphatic heterocycles. The number of para-hydroxylation sites is 1. The van der Waals surface area contributed by atoms with Crippen LogP contribution in [-0.2, 0) is 0 Å². The monoisotopic (exact) mass is 308 g/mol. The summed E-state index contributed by atoms with van der Waals surface area (Å²) in [7, 11) is 4.08. The molecule has 3 aromatic rings. The van der Waals surface area contributed by atoms with Crippen molar-refractivity contribution < 1.29 is 0 Å². The molecule has 110 valence electrons. The Labute approximate surface area is 135 Å². The molecule has 1 aromatic heterocycles. The average molecular weight is 309 g/mol. The quantitative estimate of drug-likeness (QED) is 0.624. The molecule has 0 fully saturated rings. The summed E-state index contributed by atoms with van der Waals surface area (Å²) < 4.78 is 0. The lowest BCUT2D eigenvalue weighted by Crippen LogP contribution is -2.07. The molecule has 3 heteroatoms. The number of hydrogen-bond donors (Lipinski definition) is 0. The van der Waals surface area contributed by atoms with E-state index in [2.05, 4.69) is 52.4 Å². The molecule has 1 heterocycles. The molecule has 2 aromatic carbocycles. The van der Waals surface area contributed by atoms with Crippen molar-refractivity contribution in [3.8, 4) is 0 Å². The highest BCUT2D eigenvalue weighted by Crippen LogP contribution is 2.23. The molecule has 0 radical (unpaired) electrons. The van der Waals surface area contributed by atoms with Gasteiger partial charge >= 0.3 is 0 Å². The van der Waals surface area contributed by atoms with Crippen molar-refractivity contribution in [2.45, 2.75) is 0 Å². The number of rotatable bonds is 3. The minimum absolute atomic E-state index is 0.515. The van der Waals surface area contributed by atoms with Crippen molar-refractivity contribution in [3.05, 3.63) is 70.9 Å². The van der Waals surface area contributed by atoms with Crippen LogP contribution < -0.4 is 4.90 Å². The van der Waals surface area contributed by atoms with E-state index in [0.29, 0.717) is 5.15 Å². The van der Waals surface area contributed by atoms with Crippen molar-refractivity contribution in [2.75, 3.05) is 19.0 Å². The smallest absolute Gasteiger partial charge is 0.130 e. The minimum Gasteiger partial charge on any atom is -0.378 e. The lowest BCUT2D eigenvalue weighted by Gasteiger charge is -2.11. The molecule has 3 rings (SSSR count). The van der Waals surface area contributed by atoms with E-state index >= 15 is 0 Å². The second-order valence-corrected chi connectivity index (χ2v) is 5.76. The fourth-order valence-electron chi connectivity index (χ4n) is 2.38. The minimum atomic E-state index is 0.515. The van der Waals surface area contributed by atoms with Crippen molar-refractivity contribution in [1.82, 2.24) is 4.98 Å². The summed E-state index contributed by atoms with van der Waals surface area (Å²) in [5.41, 5.74) is 4.34. The van der Waals surface area contributed by atoms with Crippen molar-refractivity contribution in [2.24, 2.45) is 0 Å². The maximum absolute atomic E-state index is 6.11. The Morgan fingerprint density at radius 1 is 0.955 bits per heavy atom. The molecule has 2 nitrogen and oxygen atoms in total. The van der Waals surface area contributed by atoms with Gasteiger partial charge < -0.3 is 4.90 Å². The third kappa shape index (κ3) is 3.12. The molecule has 0 spiro atoms. The standard InChI is InChI=1S/C19H17ClN2/c1-22(2)16-11-8-14(9-12-16)7-10-15-13-19(20)21-18-6-4-3-5-17(15)18/h3-13H,1-2H3/b10-7+. The summed E-state index contributed by atoms with van der Waals surface area (Å²) in [6.45, 7) is 0. The van der Waals surface area contributed by atoms with Gasteiger partial charge in [0.25, 0.3) is 0 Å². The molecule has 0 aliphatic rings. The number of fused-ring (bicyclic) bond motifs is 1. The predicted octanol–water partition coefficient (Wildman–Crippen LogP) is 5.12. The highest BCUT2D eigenvalue weighted by molar-refractivity contribution is 6.30. The Kier molecular flexibility index (Phi) is 4.12. The first kappa shape index (κ1) is 14.6. The van der Waals surface area contributed by atoms with Gasteiger partial charge in [-0.2, -0.15) is 0 Å². The predicted molar refractivity (Wildman–Crippen MR) is 96.5 cm³/mol. The van der Waals surface area contributed by atoms with Crippen molar-refractivity contribution in [3.63, 3.8) is 0 Å². The molecule has 0 saturated heterocycles. The lowest BCUT2D eigenvalue weighted by atomic mass is 10.1. The van der Waals surface area contributed by atoms with E-state index in [9.17, 15) is 0 Å². The molecule has 22 heavy (non-hydrogen) atoms. The highest BCUT2D eigenvalue weighted by atomic mass is 35.5. The fourth-order valence-corrected chi connectivity index (χ4v) is 2.58. The van der Waals surface area contributed by atoms with Gasteiger partial charge in [0, 0.05) is 25.2 Å². The van der Waals surface area contributed by atoms with Gasteiger partial charge in [0.15, 0.2) is 0 Å². The Bertz CT molecular complexity index is 820. The maximum atomic E-state index is 6.11. The number of anilines is 1. The Morgan fingerprint density at radius 2 is 1.68 bits per heavy atom. The number of hydrogen-bond acceptors (Lipinski definition) is 2. The van der Waals surface area contributed by atoms with E-state index in [0.717, 1.165) is 22.0 Å². The Balaban J connectivity index is 1.95. The van der Waals surface area contributed by atoms with Crippen LogP contribution in [0.3, 0.4) is 0 Å². The SMILES string of the molecule is CN(C)c1ccc(/C=C/c2cc(Cl)nc3ccccc23)cc1. The van der Waals surface area contributed by atoms with Crippen LogP contribution >= 0.6 is 11.6 Å². The van der Waals surface area contributed by atoms with Gasteiger partial charge in [0.1, 0.15) is 5.15 Å². The number of nitrogens with zero attached hydrogens (tertiary/aromatic N) is 2. The zero-order valence-electron chi connectivity index (χ0n) is 12.6. The van der Waals surface area contributed by atoms with Crippen LogP contribution in [0.2, 0.25) is 5.15 Å². The topological polar surface area (TPSA) is 16.1 Å². The number of benzene rings is 2. The lowest BCUT2D eigenvalue weighted by molar-refractivity contribution is 1.13. The van der Waals surface area contributed by atoms with Gasteiger partial charge in [-0.25, -0.2) is 4.98 Å². The molecule has 0 amide bonds. The van der Waals surface area contributed by atoms with E-state index in [1.54, 1.807) is 0 Å². The van der Waals surface area contributed by atoms with E-state index in [4.69, 9.17) is 11.6 Å². The number of halogens is 1. The normalized spacial score (nSPS) is 11.2. The van der Waals surface area contributed by atoms with Gasteiger partial charge in [-0.15, -0.1) is 0 Å². The van der Waals surface area contributed by atoms with E-state index in [-0.39, 0.29) is 0 Å². The van der Waals surface area contributed by atoms with E-state index in [1.165, 1.54) is 5.69 Å². The molecule has 0 unspecified atom stereocenters. The van der Waals surface area contributed by atoms with Crippen molar-refractivity contribution >= 4 is 40.3 Å². The van der Waals surface area contributed by atoms with E-state index in [1.807, 2.05) is 38.4 Å². The van der Waals surface area contributed by atoms with E-state index < -0.39 is 0 Å². The second kappa shape index (κ2) is 6.20. The fraction of sp³-hybridized carbons (Fsp3) is 0.105. The third-order valence-electron chi connectivity index (χ3n) is 3.58. The first-order valence-electron chi connectivity index (χ1n) is 7.14. The van der Waals surface area contributed by atoms with Gasteiger partial charge in [-0.1, -0.05) is 54.1 Å². The summed E-state index contributed by atoms with van der Waals surface area (Å²) in [5.74, 6) is 0. The van der Waals surface area contributed by atoms with Gasteiger partial charge in [0.05, 0.1) is 5.52 Å². The zero-order chi connectivity index (χ0) is 15.5. The highest BCUT2D eigenvalue weighted by Gasteiger charge is 2.01. The van der Waals surface area contributed by atoms with Crippen LogP contribution in [0.5, 0.6) is 0 Å². The van der Waals surface area contributed by atoms with Crippen LogP contribution in [0.4, 0.5) is 5.69 Å². The summed E-state index contributed by atoms with van der Waals surface area (Å²) in [4.78, 5) is 6.44. The van der Waals surface area contributed by atoms with Crippen LogP contribution in [0.25, 0.3) is 23.1 Å². The van der Waals surface area contributed by atoms with Crippen LogP contribution in [0.1, 0.15) is 11.1 Å². The molecule has 0 saturated carbocycles. The summed E-state index contributed by atoms with van der Waals surface area (Å²) in [6.07, 6.45) is 4.18. The first-order valence-corrected chi connectivity index (χ1v) is 7.52. The third-order valence-corrected chi connectivity index (χ3v) is 3.78. The first-order chi connectivity index (χ1) is 10.6. The molecular formula is C19H17ClN2. The van der Waals surface area contributed by atoms with Gasteiger partial charge in [-0.3, -0.25) is 0 Å². The summed E-state index contributed by atoms with van der Waals surface area (Å²) >= 11 is 6.11. The molecule has 0 bridgehead atoms. The van der Waals surface area contributed by atoms with Gasteiger partial charge in [-0.05, 0) is 35.4 Å². The zero-order valence-corrected chi connectivity index (χ0v) is 13.4. The summed E-state index contributed by atoms with van der Waals surface area (Å²) in [5, 5.41) is 1.62. The Hall–Kier alpha value is -2.32. The number of aromatic nitrogens is 1. The van der Waals surface area contributed by atoms with Gasteiger partial charge in [0.2, 0.25) is 0 Å². The second-order valence-electron chi connectivity index (χ2n) is 5.37. The molecule has 0 N–H and O–H groups in total. The molecule has 0 aliphatic carbocycles. The summed E-state index contributed by atoms with van der Waals surface area (Å²) in [6, 6.07) is 18.4. The van der Waals surface area contributed by atoms with Crippen LogP contribution in [-0.4, -0.2) is 19.1 Å². The van der Waals surface area contributed by atoms with Crippen molar-refractivity contribution in [1.29, 1.82) is 0 Å². The molecular weight excluding hydrogens is 292 g/mol. The molecule has 0 atom stereocenters. The van der Waals surface area contributed by atoms with Crippen LogP contribution in [0, 0.1) is 0 Å². The van der Waals surface area contributed by atoms with Crippen LogP contribution in [0.15, 0.2) is 54.6 Å². The average Bonchev–Trinajstić information content (AvgIpc) is 2.52. The largest absolute Gasteiger partial charge is 0.378 e.